The summed E-state index contributed by atoms with van der Waals surface area (Å²) in [6.45, 7) is 0. The van der Waals surface area contributed by atoms with Gasteiger partial charge in [0.2, 0.25) is 0 Å². The third-order valence-corrected chi connectivity index (χ3v) is 3.54. The molecule has 2 aromatic carbocycles. The smallest absolute Gasteiger partial charge is 0.335 e. The van der Waals surface area contributed by atoms with E-state index in [0.717, 1.165) is 0 Å². The van der Waals surface area contributed by atoms with Crippen LogP contribution in [0.25, 0.3) is 11.1 Å². The minimum atomic E-state index is -1.04. The van der Waals surface area contributed by atoms with Crippen molar-refractivity contribution in [2.24, 2.45) is 0 Å². The van der Waals surface area contributed by atoms with Gasteiger partial charge in [0, 0.05) is 8.95 Å². The first-order valence-corrected chi connectivity index (χ1v) is 7.03. The maximum atomic E-state index is 11.1. The standard InChI is InChI=1S/C14H8Br2O4/c15-11-3-7(1-9(5-11)13(17)18)8-2-10(14(19)20)6-12(16)4-8/h1-6H,(H,17,18)(H,19,20). The molecule has 0 atom stereocenters. The molecule has 2 rings (SSSR count). The lowest BCUT2D eigenvalue weighted by Crippen LogP contribution is -1.98. The van der Waals surface area contributed by atoms with Gasteiger partial charge in [0.05, 0.1) is 11.1 Å². The molecule has 0 radical (unpaired) electrons. The first-order valence-electron chi connectivity index (χ1n) is 5.45. The van der Waals surface area contributed by atoms with Crippen LogP contribution in [0, 0.1) is 0 Å². The van der Waals surface area contributed by atoms with Crippen molar-refractivity contribution >= 4 is 43.8 Å². The van der Waals surface area contributed by atoms with Crippen molar-refractivity contribution in [3.63, 3.8) is 0 Å². The minimum absolute atomic E-state index is 0.131. The van der Waals surface area contributed by atoms with Crippen LogP contribution < -0.4 is 0 Å². The van der Waals surface area contributed by atoms with Gasteiger partial charge in [-0.3, -0.25) is 0 Å². The second-order valence-electron chi connectivity index (χ2n) is 4.07. The van der Waals surface area contributed by atoms with Crippen molar-refractivity contribution in [2.75, 3.05) is 0 Å². The largest absolute Gasteiger partial charge is 0.478 e. The summed E-state index contributed by atoms with van der Waals surface area (Å²) < 4.78 is 1.23. The molecule has 0 saturated heterocycles. The van der Waals surface area contributed by atoms with Gasteiger partial charge in [-0.25, -0.2) is 9.59 Å². The summed E-state index contributed by atoms with van der Waals surface area (Å²) in [4.78, 5) is 22.1. The molecular formula is C14H8Br2O4. The van der Waals surface area contributed by atoms with E-state index in [4.69, 9.17) is 10.2 Å². The Kier molecular flexibility index (Phi) is 4.25. The van der Waals surface area contributed by atoms with Gasteiger partial charge in [0.15, 0.2) is 0 Å². The topological polar surface area (TPSA) is 74.6 Å². The van der Waals surface area contributed by atoms with Gasteiger partial charge in [-0.15, -0.1) is 0 Å². The van der Waals surface area contributed by atoms with Crippen LogP contribution in [0.2, 0.25) is 0 Å². The van der Waals surface area contributed by atoms with Crippen LogP contribution in [-0.2, 0) is 0 Å². The van der Waals surface area contributed by atoms with Crippen molar-refractivity contribution in [3.05, 3.63) is 56.5 Å². The Morgan fingerprint density at radius 2 is 1.05 bits per heavy atom. The molecule has 0 bridgehead atoms. The predicted molar refractivity (Wildman–Crippen MR) is 81.2 cm³/mol. The zero-order chi connectivity index (χ0) is 14.9. The summed E-state index contributed by atoms with van der Waals surface area (Å²) in [5.74, 6) is -2.08. The average molecular weight is 400 g/mol. The highest BCUT2D eigenvalue weighted by Crippen LogP contribution is 2.28. The number of rotatable bonds is 3. The lowest BCUT2D eigenvalue weighted by Gasteiger charge is -2.07. The lowest BCUT2D eigenvalue weighted by molar-refractivity contribution is 0.0686. The summed E-state index contributed by atoms with van der Waals surface area (Å²) >= 11 is 6.51. The first kappa shape index (κ1) is 14.7. The van der Waals surface area contributed by atoms with Gasteiger partial charge < -0.3 is 10.2 Å². The summed E-state index contributed by atoms with van der Waals surface area (Å²) in [7, 11) is 0. The molecular weight excluding hydrogens is 392 g/mol. The molecule has 2 aromatic rings. The molecule has 0 fully saturated rings. The van der Waals surface area contributed by atoms with E-state index in [1.807, 2.05) is 0 Å². The van der Waals surface area contributed by atoms with Gasteiger partial charge in [0.25, 0.3) is 0 Å². The van der Waals surface area contributed by atoms with Crippen molar-refractivity contribution < 1.29 is 19.8 Å². The number of carboxylic acids is 2. The average Bonchev–Trinajstić information content (AvgIpc) is 2.37. The van der Waals surface area contributed by atoms with E-state index in [9.17, 15) is 9.59 Å². The van der Waals surface area contributed by atoms with Crippen LogP contribution in [0.3, 0.4) is 0 Å². The molecule has 4 nitrogen and oxygen atoms in total. The molecule has 20 heavy (non-hydrogen) atoms. The Balaban J connectivity index is 2.62. The number of carbonyl (C=O) groups is 2. The molecule has 0 heterocycles. The van der Waals surface area contributed by atoms with Crippen molar-refractivity contribution in [2.45, 2.75) is 0 Å². The van der Waals surface area contributed by atoms with E-state index in [0.29, 0.717) is 20.1 Å². The highest BCUT2D eigenvalue weighted by Gasteiger charge is 2.11. The second-order valence-corrected chi connectivity index (χ2v) is 5.90. The van der Waals surface area contributed by atoms with Crippen LogP contribution >= 0.6 is 31.9 Å². The van der Waals surface area contributed by atoms with E-state index in [1.54, 1.807) is 12.1 Å². The Morgan fingerprint density at radius 3 is 1.35 bits per heavy atom. The third kappa shape index (κ3) is 3.26. The van der Waals surface area contributed by atoms with Crippen LogP contribution in [0.1, 0.15) is 20.7 Å². The maximum Gasteiger partial charge on any atom is 0.335 e. The molecule has 0 aliphatic heterocycles. The normalized spacial score (nSPS) is 10.3. The fourth-order valence-electron chi connectivity index (χ4n) is 1.76. The summed E-state index contributed by atoms with van der Waals surface area (Å²) in [5, 5.41) is 18.1. The molecule has 0 spiro atoms. The van der Waals surface area contributed by atoms with Crippen LogP contribution in [0.5, 0.6) is 0 Å². The fourth-order valence-corrected chi connectivity index (χ4v) is 2.75. The highest BCUT2D eigenvalue weighted by atomic mass is 79.9. The molecule has 0 saturated carbocycles. The van der Waals surface area contributed by atoms with Gasteiger partial charge in [-0.2, -0.15) is 0 Å². The summed E-state index contributed by atoms with van der Waals surface area (Å²) in [6.07, 6.45) is 0. The van der Waals surface area contributed by atoms with E-state index in [-0.39, 0.29) is 11.1 Å². The molecule has 102 valence electrons. The molecule has 6 heteroatoms. The zero-order valence-electron chi connectivity index (χ0n) is 9.93. The molecule has 0 unspecified atom stereocenters. The van der Waals surface area contributed by atoms with E-state index in [2.05, 4.69) is 31.9 Å². The predicted octanol–water partition coefficient (Wildman–Crippen LogP) is 4.28. The number of hydrogen-bond donors (Lipinski definition) is 2. The third-order valence-electron chi connectivity index (χ3n) is 2.62. The van der Waals surface area contributed by atoms with Crippen molar-refractivity contribution in [1.82, 2.24) is 0 Å². The van der Waals surface area contributed by atoms with Crippen molar-refractivity contribution in [3.8, 4) is 11.1 Å². The van der Waals surface area contributed by atoms with E-state index >= 15 is 0 Å². The Morgan fingerprint density at radius 1 is 0.700 bits per heavy atom. The Bertz CT molecular complexity index is 649. The molecule has 0 amide bonds. The van der Waals surface area contributed by atoms with Crippen LogP contribution in [-0.4, -0.2) is 22.2 Å². The summed E-state index contributed by atoms with van der Waals surface area (Å²) in [5.41, 5.74) is 1.51. The fraction of sp³-hybridized carbons (Fsp3) is 0. The van der Waals surface area contributed by atoms with Gasteiger partial charge in [-0.1, -0.05) is 31.9 Å². The summed E-state index contributed by atoms with van der Waals surface area (Å²) in [6, 6.07) is 9.45. The van der Waals surface area contributed by atoms with Gasteiger partial charge in [0.1, 0.15) is 0 Å². The maximum absolute atomic E-state index is 11.1. The van der Waals surface area contributed by atoms with Crippen LogP contribution in [0.4, 0.5) is 0 Å². The molecule has 0 aromatic heterocycles. The SMILES string of the molecule is O=C(O)c1cc(Br)cc(-c2cc(Br)cc(C(=O)O)c2)c1. The monoisotopic (exact) mass is 398 g/mol. The van der Waals surface area contributed by atoms with Crippen LogP contribution in [0.15, 0.2) is 45.3 Å². The molecule has 0 aliphatic rings. The highest BCUT2D eigenvalue weighted by molar-refractivity contribution is 9.10. The number of benzene rings is 2. The second kappa shape index (κ2) is 5.76. The Labute approximate surface area is 131 Å². The van der Waals surface area contributed by atoms with E-state index in [1.165, 1.54) is 24.3 Å². The van der Waals surface area contributed by atoms with Gasteiger partial charge in [-0.05, 0) is 47.5 Å². The lowest BCUT2D eigenvalue weighted by atomic mass is 10.0. The Hall–Kier alpha value is -1.66. The van der Waals surface area contributed by atoms with Gasteiger partial charge >= 0.3 is 11.9 Å². The molecule has 2 N–H and O–H groups in total. The molecule has 0 aliphatic carbocycles. The number of aromatic carboxylic acids is 2. The first-order chi connectivity index (χ1) is 9.36. The minimum Gasteiger partial charge on any atom is -0.478 e. The quantitative estimate of drug-likeness (QED) is 0.807. The number of carboxylic acid groups (broad SMARTS) is 2. The van der Waals surface area contributed by atoms with Crippen molar-refractivity contribution in [1.29, 1.82) is 0 Å². The number of halogens is 2. The number of hydrogen-bond acceptors (Lipinski definition) is 2. The van der Waals surface area contributed by atoms with E-state index < -0.39 is 11.9 Å². The zero-order valence-corrected chi connectivity index (χ0v) is 13.1.